The normalized spacial score (nSPS) is 15.4. The van der Waals surface area contributed by atoms with E-state index in [9.17, 15) is 0 Å². The van der Waals surface area contributed by atoms with E-state index in [0.29, 0.717) is 0 Å². The van der Waals surface area contributed by atoms with Crippen molar-refractivity contribution < 1.29 is 0 Å². The van der Waals surface area contributed by atoms with Crippen LogP contribution >= 0.6 is 0 Å². The molecule has 0 bridgehead atoms. The monoisotopic (exact) mass is 307 g/mol. The lowest BCUT2D eigenvalue weighted by Gasteiger charge is -2.22. The molecule has 4 aromatic carbocycles. The topological polar surface area (TPSA) is 15.8 Å². The quantitative estimate of drug-likeness (QED) is 0.325. The average molecular weight is 307 g/mol. The molecular formula is C23H17N. The molecule has 0 spiro atoms. The SMILES string of the molecule is CC1(C)c2cccc3ccc4cc5c([nH]c6ccccc65)c1c4c23. The van der Waals surface area contributed by atoms with E-state index in [1.54, 1.807) is 0 Å². The highest BCUT2D eigenvalue weighted by Gasteiger charge is 2.36. The molecule has 1 heteroatoms. The molecular weight excluding hydrogens is 290 g/mol. The highest BCUT2D eigenvalue weighted by atomic mass is 14.7. The number of rotatable bonds is 0. The van der Waals surface area contributed by atoms with Gasteiger partial charge in [0.15, 0.2) is 0 Å². The molecule has 1 aromatic heterocycles. The number of aromatic amines is 1. The van der Waals surface area contributed by atoms with E-state index in [-0.39, 0.29) is 5.41 Å². The van der Waals surface area contributed by atoms with E-state index in [0.717, 1.165) is 0 Å². The first-order valence-electron chi connectivity index (χ1n) is 8.56. The van der Waals surface area contributed by atoms with Crippen molar-refractivity contribution >= 4 is 43.4 Å². The van der Waals surface area contributed by atoms with Crippen LogP contribution in [0.4, 0.5) is 0 Å². The van der Waals surface area contributed by atoms with E-state index in [1.165, 1.54) is 54.5 Å². The summed E-state index contributed by atoms with van der Waals surface area (Å²) in [6.07, 6.45) is 0. The second-order valence-electron chi connectivity index (χ2n) is 7.54. The number of para-hydroxylation sites is 1. The maximum absolute atomic E-state index is 3.72. The number of fused-ring (bicyclic) bond motifs is 4. The molecule has 0 atom stereocenters. The Morgan fingerprint density at radius 1 is 0.750 bits per heavy atom. The molecule has 6 rings (SSSR count). The second-order valence-corrected chi connectivity index (χ2v) is 7.54. The molecule has 0 unspecified atom stereocenters. The van der Waals surface area contributed by atoms with Crippen LogP contribution in [0.1, 0.15) is 25.0 Å². The van der Waals surface area contributed by atoms with Gasteiger partial charge in [-0.25, -0.2) is 0 Å². The Kier molecular flexibility index (Phi) is 2.00. The average Bonchev–Trinajstić information content (AvgIpc) is 3.07. The molecule has 5 aromatic rings. The minimum Gasteiger partial charge on any atom is -0.354 e. The van der Waals surface area contributed by atoms with Gasteiger partial charge in [-0.05, 0) is 44.8 Å². The van der Waals surface area contributed by atoms with Crippen molar-refractivity contribution in [2.75, 3.05) is 0 Å². The lowest BCUT2D eigenvalue weighted by Crippen LogP contribution is -2.15. The van der Waals surface area contributed by atoms with E-state index in [4.69, 9.17) is 0 Å². The summed E-state index contributed by atoms with van der Waals surface area (Å²) < 4.78 is 0. The number of aromatic nitrogens is 1. The molecule has 0 saturated carbocycles. The molecule has 0 radical (unpaired) electrons. The Labute approximate surface area is 139 Å². The first-order chi connectivity index (χ1) is 11.7. The van der Waals surface area contributed by atoms with Crippen LogP contribution in [0, 0.1) is 0 Å². The van der Waals surface area contributed by atoms with Gasteiger partial charge >= 0.3 is 0 Å². The van der Waals surface area contributed by atoms with Gasteiger partial charge in [-0.15, -0.1) is 0 Å². The summed E-state index contributed by atoms with van der Waals surface area (Å²) in [5.74, 6) is 0. The third-order valence-corrected chi connectivity index (χ3v) is 5.92. The van der Waals surface area contributed by atoms with Crippen molar-refractivity contribution in [3.63, 3.8) is 0 Å². The van der Waals surface area contributed by atoms with Crippen molar-refractivity contribution in [2.45, 2.75) is 19.3 Å². The summed E-state index contributed by atoms with van der Waals surface area (Å²) in [5, 5.41) is 8.24. The highest BCUT2D eigenvalue weighted by Crippen LogP contribution is 2.51. The lowest BCUT2D eigenvalue weighted by atomic mass is 9.81. The zero-order valence-electron chi connectivity index (χ0n) is 13.8. The number of nitrogens with one attached hydrogen (secondary N) is 1. The fourth-order valence-electron chi connectivity index (χ4n) is 4.86. The molecule has 0 amide bonds. The van der Waals surface area contributed by atoms with Gasteiger partial charge < -0.3 is 4.98 Å². The van der Waals surface area contributed by atoms with E-state index < -0.39 is 0 Å². The standard InChI is InChI=1S/C23H17N/c1-23(2)17-8-5-6-13-10-11-14-12-16-15-7-3-4-9-18(15)24-22(16)21(23)20(14)19(13)17/h3-12,24H,1-2H3. The van der Waals surface area contributed by atoms with Gasteiger partial charge in [0.2, 0.25) is 0 Å². The largest absolute Gasteiger partial charge is 0.354 e. The number of H-pyrrole nitrogens is 1. The summed E-state index contributed by atoms with van der Waals surface area (Å²) in [7, 11) is 0. The Balaban J connectivity index is 1.99. The van der Waals surface area contributed by atoms with Gasteiger partial charge in [0, 0.05) is 21.7 Å². The number of benzene rings is 4. The molecule has 24 heavy (non-hydrogen) atoms. The summed E-state index contributed by atoms with van der Waals surface area (Å²) in [4.78, 5) is 3.72. The number of hydrogen-bond donors (Lipinski definition) is 1. The Hall–Kier alpha value is -2.80. The summed E-state index contributed by atoms with van der Waals surface area (Å²) in [6.45, 7) is 4.73. The Bertz CT molecular complexity index is 1320. The van der Waals surface area contributed by atoms with Gasteiger partial charge in [0.25, 0.3) is 0 Å². The van der Waals surface area contributed by atoms with Crippen LogP contribution in [0.15, 0.2) is 60.7 Å². The molecule has 1 nitrogen and oxygen atoms in total. The Morgan fingerprint density at radius 3 is 2.50 bits per heavy atom. The number of hydrogen-bond acceptors (Lipinski definition) is 0. The second kappa shape index (κ2) is 3.81. The van der Waals surface area contributed by atoms with Crippen LogP contribution < -0.4 is 0 Å². The molecule has 1 aliphatic rings. The van der Waals surface area contributed by atoms with Crippen molar-refractivity contribution in [1.29, 1.82) is 0 Å². The molecule has 0 aliphatic heterocycles. The predicted octanol–water partition coefficient (Wildman–Crippen LogP) is 6.27. The molecule has 0 saturated heterocycles. The molecule has 1 heterocycles. The fraction of sp³-hybridized carbons (Fsp3) is 0.130. The molecule has 1 N–H and O–H groups in total. The maximum atomic E-state index is 3.72. The summed E-state index contributed by atoms with van der Waals surface area (Å²) >= 11 is 0. The minimum absolute atomic E-state index is 0.0157. The van der Waals surface area contributed by atoms with Gasteiger partial charge in [0.1, 0.15) is 0 Å². The van der Waals surface area contributed by atoms with Crippen LogP contribution in [0.3, 0.4) is 0 Å². The van der Waals surface area contributed by atoms with Crippen LogP contribution in [-0.4, -0.2) is 4.98 Å². The molecule has 1 aliphatic carbocycles. The highest BCUT2D eigenvalue weighted by molar-refractivity contribution is 6.23. The van der Waals surface area contributed by atoms with Crippen molar-refractivity contribution in [3.05, 3.63) is 71.8 Å². The van der Waals surface area contributed by atoms with Gasteiger partial charge in [0.05, 0.1) is 5.52 Å². The molecule has 114 valence electrons. The van der Waals surface area contributed by atoms with E-state index in [1.807, 2.05) is 0 Å². The first-order valence-corrected chi connectivity index (χ1v) is 8.56. The third kappa shape index (κ3) is 1.25. The van der Waals surface area contributed by atoms with Crippen molar-refractivity contribution in [1.82, 2.24) is 4.98 Å². The van der Waals surface area contributed by atoms with Gasteiger partial charge in [-0.3, -0.25) is 0 Å². The first kappa shape index (κ1) is 12.6. The lowest BCUT2D eigenvalue weighted by molar-refractivity contribution is 0.667. The zero-order valence-corrected chi connectivity index (χ0v) is 13.8. The Morgan fingerprint density at radius 2 is 1.58 bits per heavy atom. The van der Waals surface area contributed by atoms with Gasteiger partial charge in [-0.1, -0.05) is 62.4 Å². The van der Waals surface area contributed by atoms with Crippen LogP contribution in [0.5, 0.6) is 0 Å². The van der Waals surface area contributed by atoms with Crippen molar-refractivity contribution in [2.24, 2.45) is 0 Å². The molecule has 0 fully saturated rings. The maximum Gasteiger partial charge on any atom is 0.0513 e. The fourth-order valence-corrected chi connectivity index (χ4v) is 4.86. The van der Waals surface area contributed by atoms with Crippen LogP contribution in [-0.2, 0) is 5.41 Å². The zero-order chi connectivity index (χ0) is 16.1. The third-order valence-electron chi connectivity index (χ3n) is 5.92. The summed E-state index contributed by atoms with van der Waals surface area (Å²) in [5.41, 5.74) is 5.45. The van der Waals surface area contributed by atoms with E-state index in [2.05, 4.69) is 79.5 Å². The predicted molar refractivity (Wildman–Crippen MR) is 103 cm³/mol. The van der Waals surface area contributed by atoms with Gasteiger partial charge in [-0.2, -0.15) is 0 Å². The van der Waals surface area contributed by atoms with Crippen LogP contribution in [0.2, 0.25) is 0 Å². The van der Waals surface area contributed by atoms with Crippen molar-refractivity contribution in [3.8, 4) is 0 Å². The summed E-state index contributed by atoms with van der Waals surface area (Å²) in [6, 6.07) is 22.3. The van der Waals surface area contributed by atoms with E-state index >= 15 is 0 Å². The van der Waals surface area contributed by atoms with Crippen LogP contribution in [0.25, 0.3) is 43.4 Å². The minimum atomic E-state index is 0.0157. The smallest absolute Gasteiger partial charge is 0.0513 e.